The largest absolute Gasteiger partial charge is 0.463 e. The molecule has 0 saturated carbocycles. The van der Waals surface area contributed by atoms with E-state index in [-0.39, 0.29) is 24.1 Å². The zero-order chi connectivity index (χ0) is 18.9. The third kappa shape index (κ3) is 6.71. The monoisotopic (exact) mass is 396 g/mol. The minimum absolute atomic E-state index is 0.0445. The van der Waals surface area contributed by atoms with Crippen molar-refractivity contribution in [1.82, 2.24) is 10.6 Å². The molecule has 0 aromatic heterocycles. The number of amides is 2. The third-order valence-corrected chi connectivity index (χ3v) is 6.99. The highest BCUT2D eigenvalue weighted by Crippen LogP contribution is 2.33. The van der Waals surface area contributed by atoms with Crippen LogP contribution in [0.1, 0.15) is 57.8 Å². The number of hydrogen-bond acceptors (Lipinski definition) is 5. The van der Waals surface area contributed by atoms with Gasteiger partial charge in [-0.2, -0.15) is 11.8 Å². The maximum atomic E-state index is 11.9. The smallest absolute Gasteiger partial charge is 0.315 e. The van der Waals surface area contributed by atoms with E-state index in [4.69, 9.17) is 9.47 Å². The van der Waals surface area contributed by atoms with Gasteiger partial charge in [-0.3, -0.25) is 4.79 Å². The first kappa shape index (κ1) is 20.5. The molecule has 0 aromatic carbocycles. The normalized spacial score (nSPS) is 31.3. The van der Waals surface area contributed by atoms with Crippen LogP contribution in [0.2, 0.25) is 0 Å². The van der Waals surface area contributed by atoms with Crippen LogP contribution in [0.5, 0.6) is 0 Å². The topological polar surface area (TPSA) is 76.7 Å². The van der Waals surface area contributed by atoms with Crippen molar-refractivity contribution < 1.29 is 19.1 Å². The number of thioether (sulfide) groups is 1. The van der Waals surface area contributed by atoms with Gasteiger partial charge >= 0.3 is 12.0 Å². The van der Waals surface area contributed by atoms with Crippen LogP contribution in [0.3, 0.4) is 0 Å². The predicted molar refractivity (Wildman–Crippen MR) is 107 cm³/mol. The van der Waals surface area contributed by atoms with Gasteiger partial charge in [-0.1, -0.05) is 18.6 Å². The summed E-state index contributed by atoms with van der Waals surface area (Å²) in [7, 11) is 0. The van der Waals surface area contributed by atoms with Crippen molar-refractivity contribution in [2.75, 3.05) is 19.0 Å². The summed E-state index contributed by atoms with van der Waals surface area (Å²) >= 11 is 1.91. The van der Waals surface area contributed by atoms with Gasteiger partial charge in [0.25, 0.3) is 0 Å². The fraction of sp³-hybridized carbons (Fsp3) is 0.800. The lowest BCUT2D eigenvalue weighted by Gasteiger charge is -2.18. The first-order valence-electron chi connectivity index (χ1n) is 10.3. The van der Waals surface area contributed by atoms with Crippen molar-refractivity contribution in [3.63, 3.8) is 0 Å². The number of nitrogens with one attached hydrogen (secondary N) is 2. The number of carbonyl (C=O) groups excluding carboxylic acids is 2. The minimum atomic E-state index is -0.132. The number of hydrogen-bond donors (Lipinski definition) is 2. The number of ether oxygens (including phenoxy) is 2. The van der Waals surface area contributed by atoms with Crippen LogP contribution < -0.4 is 10.6 Å². The van der Waals surface area contributed by atoms with E-state index in [1.54, 1.807) is 0 Å². The molecule has 152 valence electrons. The van der Waals surface area contributed by atoms with E-state index in [0.717, 1.165) is 50.7 Å². The number of allylic oxidation sites excluding steroid dienone is 2. The summed E-state index contributed by atoms with van der Waals surface area (Å²) in [5.41, 5.74) is 0. The van der Waals surface area contributed by atoms with Crippen molar-refractivity contribution in [3.8, 4) is 0 Å². The van der Waals surface area contributed by atoms with E-state index in [0.29, 0.717) is 31.0 Å². The summed E-state index contributed by atoms with van der Waals surface area (Å²) < 4.78 is 11.2. The number of fused-ring (bicyclic) bond motifs is 1. The maximum absolute atomic E-state index is 11.9. The molecule has 0 bridgehead atoms. The van der Waals surface area contributed by atoms with Crippen LogP contribution >= 0.6 is 11.8 Å². The first-order valence-corrected chi connectivity index (χ1v) is 11.4. The van der Waals surface area contributed by atoms with Crippen LogP contribution in [-0.2, 0) is 14.3 Å². The molecule has 0 aromatic rings. The fourth-order valence-corrected chi connectivity index (χ4v) is 5.54. The van der Waals surface area contributed by atoms with Crippen molar-refractivity contribution in [2.24, 2.45) is 0 Å². The second kappa shape index (κ2) is 11.0. The Balaban J connectivity index is 1.19. The number of esters is 1. The van der Waals surface area contributed by atoms with Crippen molar-refractivity contribution in [2.45, 2.75) is 81.2 Å². The number of urea groups is 1. The Morgan fingerprint density at radius 3 is 2.96 bits per heavy atom. The van der Waals surface area contributed by atoms with Gasteiger partial charge in [-0.15, -0.1) is 0 Å². The maximum Gasteiger partial charge on any atom is 0.315 e. The van der Waals surface area contributed by atoms with Crippen LogP contribution in [0.4, 0.5) is 4.79 Å². The molecule has 1 aliphatic carbocycles. The molecule has 0 radical (unpaired) electrons. The average Bonchev–Trinajstić information content (AvgIpc) is 3.16. The zero-order valence-corrected chi connectivity index (χ0v) is 16.8. The van der Waals surface area contributed by atoms with Crippen LogP contribution in [0, 0.1) is 0 Å². The Morgan fingerprint density at radius 2 is 2.04 bits per heavy atom. The highest BCUT2D eigenvalue weighted by molar-refractivity contribution is 8.00. The summed E-state index contributed by atoms with van der Waals surface area (Å²) in [5.74, 6) is 0.847. The molecule has 3 aliphatic rings. The van der Waals surface area contributed by atoms with Gasteiger partial charge in [-0.05, 0) is 44.9 Å². The second-order valence-corrected chi connectivity index (χ2v) is 8.83. The molecular weight excluding hydrogens is 364 g/mol. The Bertz CT molecular complexity index is 528. The molecule has 2 N–H and O–H groups in total. The van der Waals surface area contributed by atoms with Gasteiger partial charge in [0.2, 0.25) is 0 Å². The van der Waals surface area contributed by atoms with E-state index >= 15 is 0 Å². The second-order valence-electron chi connectivity index (χ2n) is 7.56. The lowest BCUT2D eigenvalue weighted by Crippen LogP contribution is -2.36. The molecule has 1 unspecified atom stereocenters. The van der Waals surface area contributed by atoms with Crippen molar-refractivity contribution in [1.29, 1.82) is 0 Å². The van der Waals surface area contributed by atoms with E-state index in [2.05, 4.69) is 22.8 Å². The molecule has 7 heteroatoms. The van der Waals surface area contributed by atoms with E-state index < -0.39 is 0 Å². The molecule has 0 spiro atoms. The Kier molecular flexibility index (Phi) is 8.33. The van der Waals surface area contributed by atoms with Gasteiger partial charge in [0.1, 0.15) is 6.61 Å². The summed E-state index contributed by atoms with van der Waals surface area (Å²) in [6.45, 7) is 0.847. The summed E-state index contributed by atoms with van der Waals surface area (Å²) in [6, 6.07) is 0.471. The molecular formula is C20H32N2O4S. The SMILES string of the molecule is O=C1N[C@H]2[C@H](CS[C@H]2CCCCC(=O)OCCOC2CC/C=C\CCC2)N1. The molecule has 2 saturated heterocycles. The highest BCUT2D eigenvalue weighted by atomic mass is 32.2. The standard InChI is InChI=1S/C20H32N2O4S/c23-18(26-13-12-25-15-8-4-2-1-3-5-9-15)11-7-6-10-17-19-16(14-27-17)21-20(24)22-19/h1-2,15-17,19H,3-14H2,(H2,21,22,24)/b2-1-/t15?,16-,17-,19-/m0/s1. The Morgan fingerprint density at radius 1 is 1.15 bits per heavy atom. The highest BCUT2D eigenvalue weighted by Gasteiger charge is 2.42. The summed E-state index contributed by atoms with van der Waals surface area (Å²) in [5, 5.41) is 6.41. The van der Waals surface area contributed by atoms with E-state index in [1.807, 2.05) is 11.8 Å². The van der Waals surface area contributed by atoms with E-state index in [1.165, 1.54) is 6.42 Å². The van der Waals surface area contributed by atoms with Gasteiger partial charge in [0, 0.05) is 17.4 Å². The Hall–Kier alpha value is -1.21. The van der Waals surface area contributed by atoms with Gasteiger partial charge < -0.3 is 20.1 Å². The molecule has 4 atom stereocenters. The van der Waals surface area contributed by atoms with E-state index in [9.17, 15) is 9.59 Å². The Labute approximate surface area is 166 Å². The van der Waals surface area contributed by atoms with Crippen LogP contribution in [0.25, 0.3) is 0 Å². The number of carbonyl (C=O) groups is 2. The fourth-order valence-electron chi connectivity index (χ4n) is 3.99. The third-order valence-electron chi connectivity index (χ3n) is 5.48. The minimum Gasteiger partial charge on any atom is -0.463 e. The molecule has 2 aliphatic heterocycles. The van der Waals surface area contributed by atoms with Crippen molar-refractivity contribution in [3.05, 3.63) is 12.2 Å². The van der Waals surface area contributed by atoms with Crippen molar-refractivity contribution >= 4 is 23.8 Å². The molecule has 6 nitrogen and oxygen atoms in total. The van der Waals surface area contributed by atoms with Gasteiger partial charge in [-0.25, -0.2) is 4.79 Å². The lowest BCUT2D eigenvalue weighted by atomic mass is 10.0. The lowest BCUT2D eigenvalue weighted by molar-refractivity contribution is -0.146. The molecule has 27 heavy (non-hydrogen) atoms. The predicted octanol–water partition coefficient (Wildman–Crippen LogP) is 3.16. The van der Waals surface area contributed by atoms with Crippen LogP contribution in [-0.4, -0.2) is 54.4 Å². The van der Waals surface area contributed by atoms with Gasteiger partial charge in [0.05, 0.1) is 24.8 Å². The summed E-state index contributed by atoms with van der Waals surface area (Å²) in [4.78, 5) is 23.2. The quantitative estimate of drug-likeness (QED) is 0.271. The average molecular weight is 397 g/mol. The number of unbranched alkanes of at least 4 members (excludes halogenated alkanes) is 1. The molecule has 2 amide bonds. The number of rotatable bonds is 9. The summed E-state index contributed by atoms with van der Waals surface area (Å²) in [6.07, 6.45) is 13.6. The first-order chi connectivity index (χ1) is 13.2. The molecule has 2 fully saturated rings. The zero-order valence-electron chi connectivity index (χ0n) is 16.0. The van der Waals surface area contributed by atoms with Gasteiger partial charge in [0.15, 0.2) is 0 Å². The molecule has 3 rings (SSSR count). The molecule has 2 heterocycles. The van der Waals surface area contributed by atoms with Crippen LogP contribution in [0.15, 0.2) is 12.2 Å².